The van der Waals surface area contributed by atoms with Crippen molar-refractivity contribution in [2.24, 2.45) is 5.92 Å². The zero-order valence-corrected chi connectivity index (χ0v) is 10.9. The highest BCUT2D eigenvalue weighted by atomic mass is 16.2. The molecule has 2 rings (SSSR count). The summed E-state index contributed by atoms with van der Waals surface area (Å²) < 4.78 is 0. The first-order chi connectivity index (χ1) is 8.70. The van der Waals surface area contributed by atoms with Gasteiger partial charge in [-0.3, -0.25) is 4.79 Å². The third kappa shape index (κ3) is 2.97. The molecule has 2 N–H and O–H groups in total. The molecular formula is C13H20N4O. The second-order valence-electron chi connectivity index (χ2n) is 4.79. The van der Waals surface area contributed by atoms with Crippen LogP contribution < -0.4 is 10.6 Å². The summed E-state index contributed by atoms with van der Waals surface area (Å²) in [6.45, 7) is 4.84. The highest BCUT2D eigenvalue weighted by Crippen LogP contribution is 2.29. The summed E-state index contributed by atoms with van der Waals surface area (Å²) in [5.74, 6) is 1.19. The molecule has 1 saturated carbocycles. The topological polar surface area (TPSA) is 66.9 Å². The van der Waals surface area contributed by atoms with Crippen molar-refractivity contribution >= 4 is 11.7 Å². The third-order valence-corrected chi connectivity index (χ3v) is 3.47. The summed E-state index contributed by atoms with van der Waals surface area (Å²) in [7, 11) is 0. The minimum absolute atomic E-state index is 0.134. The molecule has 1 heterocycles. The van der Waals surface area contributed by atoms with Crippen molar-refractivity contribution in [3.63, 3.8) is 0 Å². The van der Waals surface area contributed by atoms with Crippen molar-refractivity contribution in [2.45, 2.75) is 39.2 Å². The minimum atomic E-state index is -0.134. The summed E-state index contributed by atoms with van der Waals surface area (Å²) in [6, 6.07) is 3.70. The molecule has 1 aromatic heterocycles. The molecule has 1 aromatic rings. The van der Waals surface area contributed by atoms with E-state index in [4.69, 9.17) is 0 Å². The van der Waals surface area contributed by atoms with Gasteiger partial charge in [0.1, 0.15) is 5.82 Å². The molecule has 1 aliphatic carbocycles. The van der Waals surface area contributed by atoms with Crippen LogP contribution in [0, 0.1) is 5.92 Å². The summed E-state index contributed by atoms with van der Waals surface area (Å²) in [6.07, 6.45) is 3.71. The number of rotatable bonds is 5. The van der Waals surface area contributed by atoms with Crippen molar-refractivity contribution in [1.82, 2.24) is 15.5 Å². The van der Waals surface area contributed by atoms with Crippen LogP contribution in [0.2, 0.25) is 0 Å². The molecule has 0 aliphatic heterocycles. The van der Waals surface area contributed by atoms with Gasteiger partial charge in [0.15, 0.2) is 5.69 Å². The van der Waals surface area contributed by atoms with E-state index in [9.17, 15) is 4.79 Å². The van der Waals surface area contributed by atoms with Crippen LogP contribution >= 0.6 is 0 Å². The number of carbonyl (C=O) groups is 1. The molecule has 1 atom stereocenters. The average Bonchev–Trinajstić information content (AvgIpc) is 2.27. The Morgan fingerprint density at radius 1 is 1.44 bits per heavy atom. The van der Waals surface area contributed by atoms with Crippen molar-refractivity contribution in [3.05, 3.63) is 17.8 Å². The molecule has 0 radical (unpaired) electrons. The Balaban J connectivity index is 1.91. The lowest BCUT2D eigenvalue weighted by Gasteiger charge is -2.31. The van der Waals surface area contributed by atoms with Gasteiger partial charge in [0.05, 0.1) is 0 Å². The van der Waals surface area contributed by atoms with Crippen LogP contribution in [0.25, 0.3) is 0 Å². The molecule has 5 heteroatoms. The molecule has 5 nitrogen and oxygen atoms in total. The predicted molar refractivity (Wildman–Crippen MR) is 70.5 cm³/mol. The van der Waals surface area contributed by atoms with Gasteiger partial charge in [0, 0.05) is 12.6 Å². The van der Waals surface area contributed by atoms with Crippen molar-refractivity contribution < 1.29 is 4.79 Å². The lowest BCUT2D eigenvalue weighted by molar-refractivity contribution is 0.0903. The van der Waals surface area contributed by atoms with Gasteiger partial charge in [0.2, 0.25) is 0 Å². The van der Waals surface area contributed by atoms with Crippen LogP contribution in [0.4, 0.5) is 5.82 Å². The molecule has 0 spiro atoms. The number of carbonyl (C=O) groups excluding carboxylic acids is 1. The maximum atomic E-state index is 11.9. The van der Waals surface area contributed by atoms with Crippen LogP contribution in [-0.4, -0.2) is 28.7 Å². The van der Waals surface area contributed by atoms with E-state index in [1.807, 2.05) is 6.92 Å². The third-order valence-electron chi connectivity index (χ3n) is 3.47. The molecule has 1 amide bonds. The van der Waals surface area contributed by atoms with E-state index in [2.05, 4.69) is 27.8 Å². The van der Waals surface area contributed by atoms with E-state index < -0.39 is 0 Å². The fourth-order valence-electron chi connectivity index (χ4n) is 2.07. The Kier molecular flexibility index (Phi) is 4.12. The number of hydrogen-bond acceptors (Lipinski definition) is 4. The van der Waals surface area contributed by atoms with E-state index in [0.717, 1.165) is 6.54 Å². The molecule has 98 valence electrons. The summed E-state index contributed by atoms with van der Waals surface area (Å²) in [5, 5.41) is 13.9. The van der Waals surface area contributed by atoms with Crippen molar-refractivity contribution in [2.75, 3.05) is 11.9 Å². The minimum Gasteiger partial charge on any atom is -0.369 e. The van der Waals surface area contributed by atoms with E-state index in [0.29, 0.717) is 17.4 Å². The normalized spacial score (nSPS) is 16.8. The van der Waals surface area contributed by atoms with Crippen molar-refractivity contribution in [3.8, 4) is 0 Å². The second kappa shape index (κ2) is 5.80. The zero-order valence-electron chi connectivity index (χ0n) is 10.9. The van der Waals surface area contributed by atoms with Crippen LogP contribution in [0.3, 0.4) is 0 Å². The number of amides is 1. The number of aromatic nitrogens is 2. The van der Waals surface area contributed by atoms with Gasteiger partial charge in [0.25, 0.3) is 5.91 Å². The van der Waals surface area contributed by atoms with Gasteiger partial charge in [-0.2, -0.15) is 0 Å². The Labute approximate surface area is 107 Å². The largest absolute Gasteiger partial charge is 0.369 e. The standard InChI is InChI=1S/C13H20N4O/c1-3-14-12-8-7-11(16-17-12)13(18)15-9(2)10-5-4-6-10/h7-10H,3-6H2,1-2H3,(H,14,17)(H,15,18). The molecule has 1 fully saturated rings. The fraction of sp³-hybridized carbons (Fsp3) is 0.615. The highest BCUT2D eigenvalue weighted by molar-refractivity contribution is 5.92. The van der Waals surface area contributed by atoms with Gasteiger partial charge >= 0.3 is 0 Å². The first-order valence-corrected chi connectivity index (χ1v) is 6.59. The summed E-state index contributed by atoms with van der Waals surface area (Å²) >= 11 is 0. The highest BCUT2D eigenvalue weighted by Gasteiger charge is 2.25. The molecule has 0 saturated heterocycles. The molecule has 0 aromatic carbocycles. The number of anilines is 1. The van der Waals surface area contributed by atoms with Crippen LogP contribution in [0.1, 0.15) is 43.6 Å². The Morgan fingerprint density at radius 2 is 2.22 bits per heavy atom. The maximum Gasteiger partial charge on any atom is 0.272 e. The van der Waals surface area contributed by atoms with Crippen LogP contribution in [0.5, 0.6) is 0 Å². The van der Waals surface area contributed by atoms with Crippen LogP contribution in [0.15, 0.2) is 12.1 Å². The van der Waals surface area contributed by atoms with E-state index in [1.165, 1.54) is 19.3 Å². The predicted octanol–water partition coefficient (Wildman–Crippen LogP) is 1.83. The SMILES string of the molecule is CCNc1ccc(C(=O)NC(C)C2CCC2)nn1. The summed E-state index contributed by atoms with van der Waals surface area (Å²) in [5.41, 5.74) is 0.378. The Bertz CT molecular complexity index is 400. The zero-order chi connectivity index (χ0) is 13.0. The van der Waals surface area contributed by atoms with E-state index in [-0.39, 0.29) is 11.9 Å². The smallest absolute Gasteiger partial charge is 0.272 e. The Morgan fingerprint density at radius 3 is 2.72 bits per heavy atom. The number of nitrogens with zero attached hydrogens (tertiary/aromatic N) is 2. The van der Waals surface area contributed by atoms with Crippen molar-refractivity contribution in [1.29, 1.82) is 0 Å². The van der Waals surface area contributed by atoms with Gasteiger partial charge in [-0.15, -0.1) is 10.2 Å². The maximum absolute atomic E-state index is 11.9. The quantitative estimate of drug-likeness (QED) is 0.834. The molecule has 0 bridgehead atoms. The molecule has 18 heavy (non-hydrogen) atoms. The van der Waals surface area contributed by atoms with Gasteiger partial charge in [-0.05, 0) is 44.7 Å². The number of nitrogens with one attached hydrogen (secondary N) is 2. The Hall–Kier alpha value is -1.65. The fourth-order valence-corrected chi connectivity index (χ4v) is 2.07. The summed E-state index contributed by atoms with van der Waals surface area (Å²) in [4.78, 5) is 11.9. The lowest BCUT2D eigenvalue weighted by atomic mass is 9.80. The lowest BCUT2D eigenvalue weighted by Crippen LogP contribution is -2.41. The van der Waals surface area contributed by atoms with Crippen LogP contribution in [-0.2, 0) is 0 Å². The molecule has 1 aliphatic rings. The van der Waals surface area contributed by atoms with E-state index in [1.54, 1.807) is 12.1 Å². The van der Waals surface area contributed by atoms with Gasteiger partial charge < -0.3 is 10.6 Å². The molecule has 1 unspecified atom stereocenters. The second-order valence-corrected chi connectivity index (χ2v) is 4.79. The monoisotopic (exact) mass is 248 g/mol. The average molecular weight is 248 g/mol. The first-order valence-electron chi connectivity index (χ1n) is 6.59. The van der Waals surface area contributed by atoms with Gasteiger partial charge in [-0.25, -0.2) is 0 Å². The first kappa shape index (κ1) is 12.8. The van der Waals surface area contributed by atoms with Gasteiger partial charge in [-0.1, -0.05) is 6.42 Å². The molecular weight excluding hydrogens is 228 g/mol. The number of hydrogen-bond donors (Lipinski definition) is 2. The van der Waals surface area contributed by atoms with E-state index >= 15 is 0 Å².